The maximum atomic E-state index is 11.4. The molecule has 94 valence electrons. The maximum Gasteiger partial charge on any atom is 0.311 e. The minimum absolute atomic E-state index is 0.118. The Labute approximate surface area is 99.6 Å². The van der Waals surface area contributed by atoms with E-state index in [1.807, 2.05) is 13.8 Å². The Morgan fingerprint density at radius 2 is 2.47 bits per heavy atom. The lowest BCUT2D eigenvalue weighted by molar-refractivity contribution is -0.151. The zero-order valence-electron chi connectivity index (χ0n) is 10.1. The third-order valence-electron chi connectivity index (χ3n) is 3.68. The lowest BCUT2D eigenvalue weighted by Gasteiger charge is -2.28. The molecule has 1 N–H and O–H groups in total. The van der Waals surface area contributed by atoms with Crippen molar-refractivity contribution in [3.8, 4) is 0 Å². The summed E-state index contributed by atoms with van der Waals surface area (Å²) in [6.07, 6.45) is 2.03. The van der Waals surface area contributed by atoms with E-state index in [2.05, 4.69) is 15.0 Å². The van der Waals surface area contributed by atoms with Crippen LogP contribution in [0, 0.1) is 11.3 Å². The molecule has 0 aromatic carbocycles. The second-order valence-corrected chi connectivity index (χ2v) is 4.91. The van der Waals surface area contributed by atoms with Gasteiger partial charge in [0, 0.05) is 6.54 Å². The van der Waals surface area contributed by atoms with Crippen molar-refractivity contribution in [2.75, 3.05) is 13.1 Å². The number of hydrogen-bond acceptors (Lipinski definition) is 5. The quantitative estimate of drug-likeness (QED) is 0.844. The highest BCUT2D eigenvalue weighted by Crippen LogP contribution is 2.38. The molecule has 6 heteroatoms. The number of rotatable bonds is 4. The second kappa shape index (κ2) is 4.44. The molecule has 1 aliphatic heterocycles. The van der Waals surface area contributed by atoms with Crippen LogP contribution in [0.4, 0.5) is 0 Å². The number of aromatic nitrogens is 2. The highest BCUT2D eigenvalue weighted by atomic mass is 16.5. The summed E-state index contributed by atoms with van der Waals surface area (Å²) in [5, 5.41) is 12.9. The van der Waals surface area contributed by atoms with Crippen molar-refractivity contribution >= 4 is 5.97 Å². The van der Waals surface area contributed by atoms with Gasteiger partial charge in [0.25, 0.3) is 0 Å². The van der Waals surface area contributed by atoms with Gasteiger partial charge >= 0.3 is 5.97 Å². The molecule has 2 heterocycles. The van der Waals surface area contributed by atoms with E-state index in [1.165, 1.54) is 6.33 Å². The van der Waals surface area contributed by atoms with Gasteiger partial charge in [-0.05, 0) is 18.9 Å². The molecule has 1 fully saturated rings. The summed E-state index contributed by atoms with van der Waals surface area (Å²) in [7, 11) is 0. The molecule has 2 rings (SSSR count). The van der Waals surface area contributed by atoms with Crippen LogP contribution in [-0.4, -0.2) is 39.2 Å². The first-order valence-corrected chi connectivity index (χ1v) is 5.76. The van der Waals surface area contributed by atoms with Crippen molar-refractivity contribution in [2.24, 2.45) is 11.3 Å². The molecule has 0 spiro atoms. The Balaban J connectivity index is 2.05. The van der Waals surface area contributed by atoms with Gasteiger partial charge in [-0.3, -0.25) is 9.69 Å². The van der Waals surface area contributed by atoms with Crippen LogP contribution in [0.3, 0.4) is 0 Å². The van der Waals surface area contributed by atoms with Crippen molar-refractivity contribution in [2.45, 2.75) is 26.8 Å². The molecule has 0 amide bonds. The molecule has 6 nitrogen and oxygen atoms in total. The number of hydrogen-bond donors (Lipinski definition) is 1. The number of carboxylic acids is 1. The fourth-order valence-corrected chi connectivity index (χ4v) is 2.40. The Hall–Kier alpha value is -1.43. The molecular formula is C11H17N3O3. The minimum atomic E-state index is -0.708. The SMILES string of the molecule is CC(C)C1(C(=O)O)CCN(Cc2ncno2)C1. The Morgan fingerprint density at radius 3 is 2.94 bits per heavy atom. The monoisotopic (exact) mass is 239 g/mol. The average Bonchev–Trinajstić information content (AvgIpc) is 2.87. The third-order valence-corrected chi connectivity index (χ3v) is 3.68. The molecule has 1 aliphatic rings. The molecule has 0 radical (unpaired) electrons. The van der Waals surface area contributed by atoms with Crippen molar-refractivity contribution in [1.29, 1.82) is 0 Å². The lowest BCUT2D eigenvalue weighted by atomic mass is 9.76. The number of carboxylic acid groups (broad SMARTS) is 1. The van der Waals surface area contributed by atoms with Gasteiger partial charge in [-0.2, -0.15) is 4.98 Å². The third kappa shape index (κ3) is 2.17. The molecule has 1 unspecified atom stereocenters. The first kappa shape index (κ1) is 12.0. The summed E-state index contributed by atoms with van der Waals surface area (Å²) in [4.78, 5) is 17.4. The van der Waals surface area contributed by atoms with Crippen LogP contribution in [0.5, 0.6) is 0 Å². The first-order chi connectivity index (χ1) is 8.04. The summed E-state index contributed by atoms with van der Waals surface area (Å²) in [6.45, 7) is 5.76. The Bertz CT molecular complexity index is 391. The molecule has 0 aliphatic carbocycles. The molecule has 1 atom stereocenters. The van der Waals surface area contributed by atoms with Gasteiger partial charge in [0.15, 0.2) is 6.33 Å². The van der Waals surface area contributed by atoms with Crippen molar-refractivity contribution in [3.05, 3.63) is 12.2 Å². The van der Waals surface area contributed by atoms with Gasteiger partial charge in [-0.1, -0.05) is 19.0 Å². The smallest absolute Gasteiger partial charge is 0.311 e. The van der Waals surface area contributed by atoms with E-state index >= 15 is 0 Å². The average molecular weight is 239 g/mol. The first-order valence-electron chi connectivity index (χ1n) is 5.76. The van der Waals surface area contributed by atoms with E-state index in [4.69, 9.17) is 4.52 Å². The van der Waals surface area contributed by atoms with Crippen molar-refractivity contribution in [1.82, 2.24) is 15.0 Å². The van der Waals surface area contributed by atoms with Gasteiger partial charge < -0.3 is 9.63 Å². The largest absolute Gasteiger partial charge is 0.481 e. The van der Waals surface area contributed by atoms with Crippen molar-refractivity contribution < 1.29 is 14.4 Å². The zero-order valence-corrected chi connectivity index (χ0v) is 10.1. The van der Waals surface area contributed by atoms with Crippen LogP contribution >= 0.6 is 0 Å². The molecule has 1 aromatic heterocycles. The normalized spacial score (nSPS) is 25.6. The van der Waals surface area contributed by atoms with E-state index in [0.717, 1.165) is 6.54 Å². The zero-order chi connectivity index (χ0) is 12.5. The Kier molecular flexibility index (Phi) is 3.15. The Morgan fingerprint density at radius 1 is 1.71 bits per heavy atom. The number of carbonyl (C=O) groups is 1. The second-order valence-electron chi connectivity index (χ2n) is 4.91. The minimum Gasteiger partial charge on any atom is -0.481 e. The fourth-order valence-electron chi connectivity index (χ4n) is 2.40. The number of nitrogens with zero attached hydrogens (tertiary/aromatic N) is 3. The van der Waals surface area contributed by atoms with Crippen LogP contribution in [0.2, 0.25) is 0 Å². The fraction of sp³-hybridized carbons (Fsp3) is 0.727. The van der Waals surface area contributed by atoms with Crippen LogP contribution < -0.4 is 0 Å². The van der Waals surface area contributed by atoms with E-state index in [0.29, 0.717) is 25.4 Å². The summed E-state index contributed by atoms with van der Waals surface area (Å²) in [5.41, 5.74) is -0.639. The van der Waals surface area contributed by atoms with E-state index < -0.39 is 11.4 Å². The van der Waals surface area contributed by atoms with Gasteiger partial charge in [-0.15, -0.1) is 0 Å². The number of aliphatic carboxylic acids is 1. The lowest BCUT2D eigenvalue weighted by Crippen LogP contribution is -2.39. The number of likely N-dealkylation sites (tertiary alicyclic amines) is 1. The molecular weight excluding hydrogens is 222 g/mol. The van der Waals surface area contributed by atoms with Crippen LogP contribution in [0.15, 0.2) is 10.9 Å². The van der Waals surface area contributed by atoms with E-state index in [1.54, 1.807) is 0 Å². The summed E-state index contributed by atoms with van der Waals surface area (Å²) in [5.74, 6) is -0.0526. The predicted molar refractivity (Wildman–Crippen MR) is 59.1 cm³/mol. The molecule has 0 bridgehead atoms. The predicted octanol–water partition coefficient (Wildman–Crippen LogP) is 1.00. The molecule has 1 aromatic rings. The van der Waals surface area contributed by atoms with E-state index in [9.17, 15) is 9.90 Å². The highest BCUT2D eigenvalue weighted by Gasteiger charge is 2.47. The topological polar surface area (TPSA) is 79.5 Å². The standard InChI is InChI=1S/C11H17N3O3/c1-8(2)11(10(15)16)3-4-14(6-11)5-9-12-7-13-17-9/h7-8H,3-6H2,1-2H3,(H,15,16). The van der Waals surface area contributed by atoms with Crippen LogP contribution in [0.1, 0.15) is 26.2 Å². The highest BCUT2D eigenvalue weighted by molar-refractivity contribution is 5.75. The molecule has 17 heavy (non-hydrogen) atoms. The van der Waals surface area contributed by atoms with Gasteiger partial charge in [-0.25, -0.2) is 0 Å². The summed E-state index contributed by atoms with van der Waals surface area (Å²) >= 11 is 0. The maximum absolute atomic E-state index is 11.4. The summed E-state index contributed by atoms with van der Waals surface area (Å²) < 4.78 is 4.93. The van der Waals surface area contributed by atoms with Gasteiger partial charge in [0.2, 0.25) is 5.89 Å². The molecule has 0 saturated carbocycles. The molecule has 1 saturated heterocycles. The van der Waals surface area contributed by atoms with Crippen LogP contribution in [0.25, 0.3) is 0 Å². The van der Waals surface area contributed by atoms with E-state index in [-0.39, 0.29) is 5.92 Å². The summed E-state index contributed by atoms with van der Waals surface area (Å²) in [6, 6.07) is 0. The van der Waals surface area contributed by atoms with Crippen molar-refractivity contribution in [3.63, 3.8) is 0 Å². The van der Waals surface area contributed by atoms with Gasteiger partial charge in [0.1, 0.15) is 0 Å². The van der Waals surface area contributed by atoms with Gasteiger partial charge in [0.05, 0.1) is 12.0 Å². The van der Waals surface area contributed by atoms with Crippen LogP contribution in [-0.2, 0) is 11.3 Å².